The van der Waals surface area contributed by atoms with E-state index in [9.17, 15) is 4.79 Å². The van der Waals surface area contributed by atoms with Gasteiger partial charge in [0.1, 0.15) is 0 Å². The average molecular weight is 219 g/mol. The number of para-hydroxylation sites is 1. The van der Waals surface area contributed by atoms with E-state index in [1.54, 1.807) is 0 Å². The lowest BCUT2D eigenvalue weighted by Crippen LogP contribution is -2.17. The van der Waals surface area contributed by atoms with Gasteiger partial charge in [0.05, 0.1) is 0 Å². The molecule has 16 heavy (non-hydrogen) atoms. The number of carboxylic acid groups (broad SMARTS) is 1. The van der Waals surface area contributed by atoms with Gasteiger partial charge >= 0.3 is 5.97 Å². The van der Waals surface area contributed by atoms with Crippen molar-refractivity contribution < 1.29 is 9.90 Å². The van der Waals surface area contributed by atoms with Gasteiger partial charge in [0.2, 0.25) is 0 Å². The fourth-order valence-electron chi connectivity index (χ4n) is 2.30. The first-order valence-corrected chi connectivity index (χ1v) is 5.79. The van der Waals surface area contributed by atoms with Gasteiger partial charge in [-0.25, -0.2) is 0 Å². The first-order chi connectivity index (χ1) is 7.70. The fourth-order valence-corrected chi connectivity index (χ4v) is 2.30. The van der Waals surface area contributed by atoms with Crippen LogP contribution in [0, 0.1) is 0 Å². The third-order valence-electron chi connectivity index (χ3n) is 3.14. The second kappa shape index (κ2) is 4.56. The van der Waals surface area contributed by atoms with Crippen LogP contribution in [0.15, 0.2) is 18.2 Å². The first-order valence-electron chi connectivity index (χ1n) is 5.79. The second-order valence-corrected chi connectivity index (χ2v) is 4.28. The number of benzene rings is 1. The Balaban J connectivity index is 2.06. The highest BCUT2D eigenvalue weighted by atomic mass is 16.4. The van der Waals surface area contributed by atoms with Gasteiger partial charge in [-0.05, 0) is 30.4 Å². The molecule has 1 atom stereocenters. The molecule has 0 radical (unpaired) electrons. The highest BCUT2D eigenvalue weighted by Gasteiger charge is 2.22. The molecule has 3 heteroatoms. The Hall–Kier alpha value is -1.51. The summed E-state index contributed by atoms with van der Waals surface area (Å²) in [4.78, 5) is 10.5. The number of fused-ring (bicyclic) bond motifs is 1. The molecule has 0 fully saturated rings. The number of aryl methyl sites for hydroxylation is 1. The van der Waals surface area contributed by atoms with E-state index in [2.05, 4.69) is 30.4 Å². The van der Waals surface area contributed by atoms with Crippen molar-refractivity contribution in [1.82, 2.24) is 0 Å². The predicted octanol–water partition coefficient (Wildman–Crippen LogP) is 2.45. The Morgan fingerprint density at radius 1 is 1.56 bits per heavy atom. The van der Waals surface area contributed by atoms with Gasteiger partial charge in [0.15, 0.2) is 0 Å². The third-order valence-corrected chi connectivity index (χ3v) is 3.14. The van der Waals surface area contributed by atoms with Gasteiger partial charge < -0.3 is 10.4 Å². The number of hydrogen-bond donors (Lipinski definition) is 2. The molecule has 1 unspecified atom stereocenters. The first kappa shape index (κ1) is 11.0. The normalized spacial score (nSPS) is 17.9. The summed E-state index contributed by atoms with van der Waals surface area (Å²) in [5.74, 6) is -0.714. The summed E-state index contributed by atoms with van der Waals surface area (Å²) in [5.41, 5.74) is 3.89. The quantitative estimate of drug-likeness (QED) is 0.817. The van der Waals surface area contributed by atoms with Crippen LogP contribution in [0.5, 0.6) is 0 Å². The van der Waals surface area contributed by atoms with E-state index in [4.69, 9.17) is 5.11 Å². The van der Waals surface area contributed by atoms with Crippen molar-refractivity contribution in [2.45, 2.75) is 38.6 Å². The van der Waals surface area contributed by atoms with Crippen LogP contribution in [-0.2, 0) is 17.6 Å². The van der Waals surface area contributed by atoms with Crippen LogP contribution >= 0.6 is 0 Å². The molecule has 0 amide bonds. The standard InChI is InChI=1S/C13H17NO2/c1-2-9-4-3-5-10-8-11(14-13(9)10)6-7-12(15)16/h3-5,11,14H,2,6-8H2,1H3,(H,15,16). The number of anilines is 1. The van der Waals surface area contributed by atoms with Crippen LogP contribution in [0.25, 0.3) is 0 Å². The maximum absolute atomic E-state index is 10.5. The minimum absolute atomic E-state index is 0.243. The molecule has 86 valence electrons. The van der Waals surface area contributed by atoms with Crippen LogP contribution in [0.4, 0.5) is 5.69 Å². The summed E-state index contributed by atoms with van der Waals surface area (Å²) in [6.07, 6.45) is 2.92. The van der Waals surface area contributed by atoms with Gasteiger partial charge in [0, 0.05) is 18.2 Å². The highest BCUT2D eigenvalue weighted by Crippen LogP contribution is 2.31. The molecule has 3 nitrogen and oxygen atoms in total. The summed E-state index contributed by atoms with van der Waals surface area (Å²) < 4.78 is 0. The molecule has 2 rings (SSSR count). The minimum Gasteiger partial charge on any atom is -0.481 e. The van der Waals surface area contributed by atoms with Crippen molar-refractivity contribution in [2.75, 3.05) is 5.32 Å². The predicted molar refractivity (Wildman–Crippen MR) is 63.8 cm³/mol. The molecular formula is C13H17NO2. The zero-order chi connectivity index (χ0) is 11.5. The molecule has 0 aromatic heterocycles. The minimum atomic E-state index is -0.714. The summed E-state index contributed by atoms with van der Waals surface area (Å²) >= 11 is 0. The number of carbonyl (C=O) groups is 1. The highest BCUT2D eigenvalue weighted by molar-refractivity contribution is 5.67. The van der Waals surface area contributed by atoms with Crippen molar-refractivity contribution in [3.8, 4) is 0 Å². The summed E-state index contributed by atoms with van der Waals surface area (Å²) in [6.45, 7) is 2.14. The van der Waals surface area contributed by atoms with Crippen molar-refractivity contribution in [3.05, 3.63) is 29.3 Å². The Bertz CT molecular complexity index is 401. The number of rotatable bonds is 4. The van der Waals surface area contributed by atoms with Crippen molar-refractivity contribution in [1.29, 1.82) is 0 Å². The molecule has 1 aliphatic rings. The van der Waals surface area contributed by atoms with Crippen molar-refractivity contribution >= 4 is 11.7 Å². The molecule has 0 bridgehead atoms. The van der Waals surface area contributed by atoms with Crippen LogP contribution in [0.1, 0.15) is 30.9 Å². The van der Waals surface area contributed by atoms with Gasteiger partial charge in [-0.2, -0.15) is 0 Å². The SMILES string of the molecule is CCc1cccc2c1NC(CCC(=O)O)C2. The smallest absolute Gasteiger partial charge is 0.303 e. The molecule has 1 aromatic rings. The second-order valence-electron chi connectivity index (χ2n) is 4.28. The van der Waals surface area contributed by atoms with Gasteiger partial charge in [-0.3, -0.25) is 4.79 Å². The maximum Gasteiger partial charge on any atom is 0.303 e. The molecular weight excluding hydrogens is 202 g/mol. The molecule has 1 heterocycles. The lowest BCUT2D eigenvalue weighted by atomic mass is 10.0. The number of hydrogen-bond acceptors (Lipinski definition) is 2. The van der Waals surface area contributed by atoms with E-state index in [1.165, 1.54) is 16.8 Å². The summed E-state index contributed by atoms with van der Waals surface area (Å²) in [6, 6.07) is 6.63. The molecule has 0 saturated carbocycles. The van der Waals surface area contributed by atoms with E-state index < -0.39 is 5.97 Å². The molecule has 0 saturated heterocycles. The van der Waals surface area contributed by atoms with Gasteiger partial charge in [0.25, 0.3) is 0 Å². The third kappa shape index (κ3) is 2.18. The van der Waals surface area contributed by atoms with Crippen LogP contribution < -0.4 is 5.32 Å². The van der Waals surface area contributed by atoms with Crippen molar-refractivity contribution in [3.63, 3.8) is 0 Å². The molecule has 2 N–H and O–H groups in total. The molecule has 0 aliphatic carbocycles. The van der Waals surface area contributed by atoms with E-state index in [-0.39, 0.29) is 6.42 Å². The lowest BCUT2D eigenvalue weighted by Gasteiger charge is -2.10. The maximum atomic E-state index is 10.5. The van der Waals surface area contributed by atoms with E-state index in [0.717, 1.165) is 12.8 Å². The van der Waals surface area contributed by atoms with Crippen molar-refractivity contribution in [2.24, 2.45) is 0 Å². The summed E-state index contributed by atoms with van der Waals surface area (Å²) in [7, 11) is 0. The molecule has 1 aromatic carbocycles. The van der Waals surface area contributed by atoms with Crippen LogP contribution in [-0.4, -0.2) is 17.1 Å². The van der Waals surface area contributed by atoms with Crippen LogP contribution in [0.2, 0.25) is 0 Å². The fraction of sp³-hybridized carbons (Fsp3) is 0.462. The Morgan fingerprint density at radius 2 is 2.38 bits per heavy atom. The zero-order valence-corrected chi connectivity index (χ0v) is 9.49. The molecule has 1 aliphatic heterocycles. The number of carboxylic acids is 1. The van der Waals surface area contributed by atoms with Gasteiger partial charge in [-0.15, -0.1) is 0 Å². The number of aliphatic carboxylic acids is 1. The largest absolute Gasteiger partial charge is 0.481 e. The molecule has 0 spiro atoms. The Morgan fingerprint density at radius 3 is 3.06 bits per heavy atom. The monoisotopic (exact) mass is 219 g/mol. The van der Waals surface area contributed by atoms with E-state index in [0.29, 0.717) is 12.5 Å². The number of nitrogens with one attached hydrogen (secondary N) is 1. The zero-order valence-electron chi connectivity index (χ0n) is 9.49. The van der Waals surface area contributed by atoms with E-state index >= 15 is 0 Å². The van der Waals surface area contributed by atoms with Gasteiger partial charge in [-0.1, -0.05) is 25.1 Å². The Labute approximate surface area is 95.5 Å². The summed E-state index contributed by atoms with van der Waals surface area (Å²) in [5, 5.41) is 12.1. The topological polar surface area (TPSA) is 49.3 Å². The van der Waals surface area contributed by atoms with Crippen LogP contribution in [0.3, 0.4) is 0 Å². The lowest BCUT2D eigenvalue weighted by molar-refractivity contribution is -0.137. The van der Waals surface area contributed by atoms with E-state index in [1.807, 2.05) is 0 Å². The average Bonchev–Trinajstić information content (AvgIpc) is 2.68. The Kier molecular flexibility index (Phi) is 3.13.